The van der Waals surface area contributed by atoms with E-state index in [0.29, 0.717) is 26.0 Å². The van der Waals surface area contributed by atoms with Crippen molar-refractivity contribution in [1.29, 1.82) is 0 Å². The fraction of sp³-hybridized carbons (Fsp3) is 0.714. The quantitative estimate of drug-likeness (QED) is 0.0734. The van der Waals surface area contributed by atoms with Crippen molar-refractivity contribution < 1.29 is 50.5 Å². The van der Waals surface area contributed by atoms with Crippen LogP contribution < -0.4 is 11.4 Å². The summed E-state index contributed by atoms with van der Waals surface area (Å²) >= 11 is 0. The number of methoxy groups -OCH3 is 1. The number of nitrogen functional groups attached to an aromatic ring is 1. The summed E-state index contributed by atoms with van der Waals surface area (Å²) < 4.78 is 68.7. The Labute approximate surface area is 223 Å². The van der Waals surface area contributed by atoms with Crippen molar-refractivity contribution in [2.75, 3.05) is 39.3 Å². The normalized spacial score (nSPS) is 14.4. The molecule has 3 atom stereocenters. The summed E-state index contributed by atoms with van der Waals surface area (Å²) in [4.78, 5) is 30.2. The van der Waals surface area contributed by atoms with Gasteiger partial charge in [-0.3, -0.25) is 4.57 Å². The van der Waals surface area contributed by atoms with Crippen LogP contribution in [0.15, 0.2) is 28.9 Å². The van der Waals surface area contributed by atoms with E-state index >= 15 is 0 Å². The molecule has 1 heterocycles. The Bertz CT molecular complexity index is 835. The van der Waals surface area contributed by atoms with Crippen molar-refractivity contribution in [2.45, 2.75) is 65.8 Å². The molecule has 0 saturated heterocycles. The number of nitrogens with zero attached hydrogens (tertiary/aromatic N) is 2. The average molecular weight is 595 g/mol. The van der Waals surface area contributed by atoms with Gasteiger partial charge in [-0.05, 0) is 31.9 Å². The van der Waals surface area contributed by atoms with Crippen LogP contribution in [-0.2, 0) is 38.9 Å². The summed E-state index contributed by atoms with van der Waals surface area (Å²) in [5, 5.41) is 0. The number of allylic oxidation sites excluding steroid dienone is 1. The van der Waals surface area contributed by atoms with Crippen LogP contribution in [0.4, 0.5) is 19.0 Å². The number of unbranched alkanes of at least 4 members (excludes halogenated alkanes) is 1. The number of nitrogens with two attached hydrogens (primary N) is 1. The molecule has 3 unspecified atom stereocenters. The Balaban J connectivity index is 0.00000667. The molecule has 0 aromatic carbocycles. The van der Waals surface area contributed by atoms with Crippen LogP contribution in [0.5, 0.6) is 0 Å². The highest BCUT2D eigenvalue weighted by Crippen LogP contribution is 2.44. The number of anilines is 1. The van der Waals surface area contributed by atoms with Gasteiger partial charge in [-0.25, -0.2) is 9.68 Å². The van der Waals surface area contributed by atoms with E-state index in [1.807, 2.05) is 20.8 Å². The van der Waals surface area contributed by atoms with E-state index in [2.05, 4.69) is 9.51 Å². The van der Waals surface area contributed by atoms with E-state index in [0.717, 1.165) is 6.42 Å². The third-order valence-corrected chi connectivity index (χ3v) is 5.86. The van der Waals surface area contributed by atoms with E-state index in [4.69, 9.17) is 33.6 Å². The zero-order valence-corrected chi connectivity index (χ0v) is 24.0. The van der Waals surface area contributed by atoms with Crippen LogP contribution in [0.25, 0.3) is 0 Å². The second kappa shape index (κ2) is 21.4. The number of aryl methyl sites for hydroxylation is 1. The first kappa shape index (κ1) is 36.6. The second-order valence-electron chi connectivity index (χ2n) is 6.99. The molecule has 38 heavy (non-hydrogen) atoms. The first-order chi connectivity index (χ1) is 18.1. The molecule has 0 aliphatic rings. The first-order valence-corrected chi connectivity index (χ1v) is 14.0. The van der Waals surface area contributed by atoms with Gasteiger partial charge in [0, 0.05) is 19.9 Å². The van der Waals surface area contributed by atoms with E-state index < -0.39 is 41.8 Å². The van der Waals surface area contributed by atoms with Crippen LogP contribution in [0.3, 0.4) is 0 Å². The fourth-order valence-electron chi connectivity index (χ4n) is 2.20. The molecular weight excluding hydrogens is 557 g/mol. The maximum atomic E-state index is 12.2. The Morgan fingerprint density at radius 3 is 2.58 bits per heavy atom. The topological polar surface area (TPSA) is 146 Å². The van der Waals surface area contributed by atoms with Crippen molar-refractivity contribution in [3.8, 4) is 0 Å². The van der Waals surface area contributed by atoms with Crippen LogP contribution in [-0.4, -0.2) is 60.3 Å². The van der Waals surface area contributed by atoms with E-state index in [9.17, 15) is 22.9 Å². The second-order valence-corrected chi connectivity index (χ2v) is 9.02. The summed E-state index contributed by atoms with van der Waals surface area (Å²) in [6.45, 7) is 6.09. The van der Waals surface area contributed by atoms with Crippen LogP contribution in [0.1, 0.15) is 47.0 Å². The lowest BCUT2D eigenvalue weighted by molar-refractivity contribution is -0.234. The smallest absolute Gasteiger partial charge is 0.426 e. The molecular formula is C21H38F3N3O9P2. The standard InChI is InChI=1S/C19H32F3N3O9P2.C2H6/c1-4-6-11-30-36(33-15(5-2)13-31-35(27)32-14-19(20,21)22)34-29-12-16(28-3)7-9-25-10-8-17(23)24-18(25)26;1-2/h5,8,10,16,27H,4,6-7,9,11-14H2,1-3H3,(H2,23,24,26);1-2H3/b15-5+;. The Morgan fingerprint density at radius 1 is 1.29 bits per heavy atom. The summed E-state index contributed by atoms with van der Waals surface area (Å²) in [5.74, 6) is 0.250. The highest BCUT2D eigenvalue weighted by molar-refractivity contribution is 7.41. The van der Waals surface area contributed by atoms with Crippen LogP contribution >= 0.6 is 17.2 Å². The van der Waals surface area contributed by atoms with Crippen molar-refractivity contribution in [3.63, 3.8) is 0 Å². The zero-order chi connectivity index (χ0) is 29.0. The van der Waals surface area contributed by atoms with E-state index in [-0.39, 0.29) is 24.8 Å². The van der Waals surface area contributed by atoms with Gasteiger partial charge in [-0.15, -0.1) is 4.67 Å². The van der Waals surface area contributed by atoms with Crippen molar-refractivity contribution in [2.24, 2.45) is 0 Å². The number of aromatic nitrogens is 2. The van der Waals surface area contributed by atoms with Gasteiger partial charge < -0.3 is 33.5 Å². The fourth-order valence-corrected chi connectivity index (χ4v) is 3.67. The van der Waals surface area contributed by atoms with Gasteiger partial charge in [0.05, 0.1) is 12.7 Å². The summed E-state index contributed by atoms with van der Waals surface area (Å²) in [7, 11) is -3.37. The van der Waals surface area contributed by atoms with Crippen molar-refractivity contribution in [3.05, 3.63) is 34.6 Å². The zero-order valence-electron chi connectivity index (χ0n) is 22.2. The molecule has 0 bridgehead atoms. The van der Waals surface area contributed by atoms with Gasteiger partial charge in [0.15, 0.2) is 6.61 Å². The molecule has 0 amide bonds. The minimum absolute atomic E-state index is 0.0259. The summed E-state index contributed by atoms with van der Waals surface area (Å²) in [6.07, 6.45) is -0.100. The average Bonchev–Trinajstić information content (AvgIpc) is 2.88. The van der Waals surface area contributed by atoms with Crippen molar-refractivity contribution in [1.82, 2.24) is 9.55 Å². The Morgan fingerprint density at radius 2 is 2.00 bits per heavy atom. The number of hydrogen-bond acceptors (Lipinski definition) is 11. The molecule has 1 aromatic heterocycles. The third-order valence-electron chi connectivity index (χ3n) is 4.15. The molecule has 1 aromatic rings. The van der Waals surface area contributed by atoms with E-state index in [1.165, 1.54) is 30.0 Å². The highest BCUT2D eigenvalue weighted by atomic mass is 31.2. The monoisotopic (exact) mass is 595 g/mol. The highest BCUT2D eigenvalue weighted by Gasteiger charge is 2.30. The summed E-state index contributed by atoms with van der Waals surface area (Å²) in [6, 6.07) is 1.51. The minimum atomic E-state index is -4.60. The third kappa shape index (κ3) is 18.0. The predicted octanol–water partition coefficient (Wildman–Crippen LogP) is 4.98. The van der Waals surface area contributed by atoms with Crippen molar-refractivity contribution >= 4 is 23.0 Å². The first-order valence-electron chi connectivity index (χ1n) is 11.8. The molecule has 222 valence electrons. The SMILES string of the molecule is C/C=C(\COP(O)OCC(F)(F)F)OP(OCCCC)OOCC(CCn1ccc(N)nc1=O)OC.CC. The number of halogens is 3. The molecule has 0 fully saturated rings. The Kier molecular flexibility index (Phi) is 20.6. The molecule has 0 aliphatic carbocycles. The lowest BCUT2D eigenvalue weighted by Gasteiger charge is -2.20. The van der Waals surface area contributed by atoms with Gasteiger partial charge in [-0.2, -0.15) is 18.2 Å². The molecule has 0 spiro atoms. The van der Waals surface area contributed by atoms with Crippen LogP contribution in [0, 0.1) is 0 Å². The number of hydrogen-bond donors (Lipinski definition) is 2. The summed E-state index contributed by atoms with van der Waals surface area (Å²) in [5.41, 5.74) is 4.99. The molecule has 0 saturated carbocycles. The maximum Gasteiger partial charge on any atom is 0.426 e. The largest absolute Gasteiger partial charge is 0.428 e. The van der Waals surface area contributed by atoms with Gasteiger partial charge in [-0.1, -0.05) is 27.2 Å². The number of rotatable bonds is 19. The molecule has 0 aliphatic heterocycles. The van der Waals surface area contributed by atoms with Gasteiger partial charge in [0.25, 0.3) is 0 Å². The molecule has 17 heteroatoms. The van der Waals surface area contributed by atoms with Crippen LogP contribution in [0.2, 0.25) is 0 Å². The number of alkyl halides is 3. The Hall–Kier alpha value is -1.41. The molecule has 12 nitrogen and oxygen atoms in total. The molecule has 1 rings (SSSR count). The van der Waals surface area contributed by atoms with E-state index in [1.54, 1.807) is 6.92 Å². The van der Waals surface area contributed by atoms with Gasteiger partial charge in [0.2, 0.25) is 0 Å². The minimum Gasteiger partial charge on any atom is -0.428 e. The van der Waals surface area contributed by atoms with Gasteiger partial charge in [0.1, 0.15) is 24.8 Å². The lowest BCUT2D eigenvalue weighted by Crippen LogP contribution is -2.27. The maximum absolute atomic E-state index is 12.2. The number of ether oxygens (including phenoxy) is 1. The molecule has 3 N–H and O–H groups in total. The molecule has 0 radical (unpaired) electrons. The predicted molar refractivity (Wildman–Crippen MR) is 136 cm³/mol. The van der Waals surface area contributed by atoms with Gasteiger partial charge >= 0.3 is 29.1 Å². The lowest BCUT2D eigenvalue weighted by atomic mass is 10.2.